The van der Waals surface area contributed by atoms with E-state index in [4.69, 9.17) is 27.6 Å². The summed E-state index contributed by atoms with van der Waals surface area (Å²) >= 11 is 0. The van der Waals surface area contributed by atoms with E-state index in [1.165, 1.54) is 12.1 Å². The Morgan fingerprint density at radius 3 is 2.28 bits per heavy atom. The van der Waals surface area contributed by atoms with Crippen molar-refractivity contribution in [3.05, 3.63) is 71.7 Å². The van der Waals surface area contributed by atoms with Gasteiger partial charge in [-0.15, -0.1) is 0 Å². The summed E-state index contributed by atoms with van der Waals surface area (Å²) in [4.78, 5) is 15.6. The van der Waals surface area contributed by atoms with Crippen LogP contribution in [0.3, 0.4) is 0 Å². The van der Waals surface area contributed by atoms with E-state index in [9.17, 15) is 19.4 Å². The van der Waals surface area contributed by atoms with Gasteiger partial charge in [-0.2, -0.15) is 8.42 Å². The molecule has 0 bridgehead atoms. The van der Waals surface area contributed by atoms with E-state index in [2.05, 4.69) is 0 Å². The van der Waals surface area contributed by atoms with Gasteiger partial charge >= 0.3 is 16.4 Å². The van der Waals surface area contributed by atoms with E-state index in [1.54, 1.807) is 24.3 Å². The number of hydrogen-bond acceptors (Lipinski definition) is 6. The number of halogens is 1. The fraction of sp³-hybridized carbons (Fsp3) is 0.280. The number of carboxylic acids is 1. The molecule has 1 saturated carbocycles. The highest BCUT2D eigenvalue weighted by Gasteiger charge is 2.29. The minimum atomic E-state index is -4.67. The largest absolute Gasteiger partial charge is 0.481 e. The zero-order valence-corrected chi connectivity index (χ0v) is 19.8. The lowest BCUT2D eigenvalue weighted by Crippen LogP contribution is -2.19. The lowest BCUT2D eigenvalue weighted by molar-refractivity contribution is -0.139. The molecule has 9 nitrogen and oxygen atoms in total. The van der Waals surface area contributed by atoms with Crippen LogP contribution in [0.5, 0.6) is 0 Å². The van der Waals surface area contributed by atoms with E-state index in [-0.39, 0.29) is 12.2 Å². The summed E-state index contributed by atoms with van der Waals surface area (Å²) in [5.41, 5.74) is 4.43. The Morgan fingerprint density at radius 1 is 1.08 bits per heavy atom. The number of aliphatic hydroxyl groups is 2. The molecule has 0 spiro atoms. The molecule has 1 fully saturated rings. The van der Waals surface area contributed by atoms with Crippen LogP contribution in [0.25, 0.3) is 28.1 Å². The van der Waals surface area contributed by atoms with Crippen LogP contribution in [0.2, 0.25) is 0 Å². The van der Waals surface area contributed by atoms with Crippen molar-refractivity contribution < 1.29 is 42.0 Å². The third kappa shape index (κ3) is 8.18. The summed E-state index contributed by atoms with van der Waals surface area (Å²) in [7, 11) is -4.67. The Bertz CT molecular complexity index is 1350. The molecule has 3 aromatic rings. The normalized spacial score (nSPS) is 15.4. The molecule has 0 unspecified atom stereocenters. The number of nitrogens with zero attached hydrogens (tertiary/aromatic N) is 1. The van der Waals surface area contributed by atoms with E-state index in [0.717, 1.165) is 46.1 Å². The molecule has 1 aliphatic carbocycles. The Morgan fingerprint density at radius 2 is 1.69 bits per heavy atom. The number of hydrogen-bond donors (Lipinski definition) is 5. The fourth-order valence-electron chi connectivity index (χ4n) is 3.86. The quantitative estimate of drug-likeness (QED) is 0.278. The molecule has 1 aliphatic rings. The van der Waals surface area contributed by atoms with E-state index < -0.39 is 35.0 Å². The number of rotatable bonds is 8. The molecule has 1 heterocycles. The van der Waals surface area contributed by atoms with Gasteiger partial charge in [-0.25, -0.2) is 4.39 Å². The summed E-state index contributed by atoms with van der Waals surface area (Å²) in [5, 5.41) is 29.9. The van der Waals surface area contributed by atoms with Crippen LogP contribution >= 0.6 is 0 Å². The van der Waals surface area contributed by atoms with Gasteiger partial charge in [-0.3, -0.25) is 18.9 Å². The summed E-state index contributed by atoms with van der Waals surface area (Å²) in [6.45, 7) is 0. The molecule has 11 heteroatoms. The Labute approximate surface area is 207 Å². The summed E-state index contributed by atoms with van der Waals surface area (Å²) in [5.74, 6) is -1.10. The van der Waals surface area contributed by atoms with Crippen LogP contribution < -0.4 is 0 Å². The second-order valence-corrected chi connectivity index (χ2v) is 9.34. The molecule has 4 rings (SSSR count). The third-order valence-electron chi connectivity index (χ3n) is 5.47. The summed E-state index contributed by atoms with van der Waals surface area (Å²) in [6.07, 6.45) is 2.80. The number of aromatic nitrogens is 1. The number of carboxylic acid groups (broad SMARTS) is 1. The van der Waals surface area contributed by atoms with Crippen LogP contribution in [-0.4, -0.2) is 56.0 Å². The van der Waals surface area contributed by atoms with Crippen LogP contribution in [-0.2, 0) is 15.2 Å². The first kappa shape index (κ1) is 27.4. The molecule has 2 aromatic carbocycles. The maximum absolute atomic E-state index is 13.6. The number of pyridine rings is 1. The molecule has 0 saturated heterocycles. The van der Waals surface area contributed by atoms with Gasteiger partial charge in [0.2, 0.25) is 0 Å². The number of carbonyl (C=O) groups is 1. The van der Waals surface area contributed by atoms with Gasteiger partial charge in [0.15, 0.2) is 0 Å². The predicted molar refractivity (Wildman–Crippen MR) is 131 cm³/mol. The van der Waals surface area contributed by atoms with Gasteiger partial charge in [-0.1, -0.05) is 42.5 Å². The molecule has 1 aromatic heterocycles. The maximum Gasteiger partial charge on any atom is 0.394 e. The van der Waals surface area contributed by atoms with E-state index >= 15 is 0 Å². The minimum absolute atomic E-state index is 0.0749. The van der Waals surface area contributed by atoms with Crippen molar-refractivity contribution >= 4 is 33.3 Å². The molecule has 0 amide bonds. The molecule has 192 valence electrons. The van der Waals surface area contributed by atoms with Crippen molar-refractivity contribution in [1.29, 1.82) is 0 Å². The monoisotopic (exact) mass is 519 g/mol. The summed E-state index contributed by atoms with van der Waals surface area (Å²) < 4.78 is 45.2. The third-order valence-corrected chi connectivity index (χ3v) is 5.47. The maximum atomic E-state index is 13.6. The minimum Gasteiger partial charge on any atom is -0.481 e. The Kier molecular flexibility index (Phi) is 8.88. The van der Waals surface area contributed by atoms with Crippen molar-refractivity contribution in [2.45, 2.75) is 43.8 Å². The highest BCUT2D eigenvalue weighted by Crippen LogP contribution is 2.45. The molecule has 5 N–H and O–H groups in total. The number of aliphatic carboxylic acids is 1. The van der Waals surface area contributed by atoms with Crippen LogP contribution in [0.1, 0.15) is 42.9 Å². The molecule has 0 aliphatic heterocycles. The van der Waals surface area contributed by atoms with Gasteiger partial charge in [0.25, 0.3) is 0 Å². The second kappa shape index (κ2) is 11.7. The summed E-state index contributed by atoms with van der Waals surface area (Å²) in [6, 6.07) is 14.1. The first-order valence-electron chi connectivity index (χ1n) is 11.1. The smallest absolute Gasteiger partial charge is 0.394 e. The second-order valence-electron chi connectivity index (χ2n) is 8.45. The number of para-hydroxylation sites is 1. The number of benzene rings is 2. The standard InChI is InChI=1S/C25H24FNO4.H2O4S/c26-17-9-7-15(8-10-17)24-20-3-1-2-4-22(20)27-25(16-5-6-16)21(24)12-11-18(28)13-19(29)14-23(30)31;1-5(2,3)4/h1-4,7-12,16,18-19,28-29H,5-6,13-14H2,(H,30,31);(H2,1,2,3,4)/b12-11+;/t18-,19-;/m1./s1. The first-order chi connectivity index (χ1) is 16.9. The predicted octanol–water partition coefficient (Wildman–Crippen LogP) is 3.87. The Hall–Kier alpha value is -3.22. The lowest BCUT2D eigenvalue weighted by Gasteiger charge is -2.16. The van der Waals surface area contributed by atoms with Gasteiger partial charge < -0.3 is 15.3 Å². The average Bonchev–Trinajstić information content (AvgIpc) is 3.61. The average molecular weight is 520 g/mol. The van der Waals surface area contributed by atoms with Gasteiger partial charge in [0.1, 0.15) is 5.82 Å². The van der Waals surface area contributed by atoms with Crippen molar-refractivity contribution in [3.63, 3.8) is 0 Å². The Balaban J connectivity index is 0.000000658. The van der Waals surface area contributed by atoms with Crippen LogP contribution in [0, 0.1) is 5.82 Å². The van der Waals surface area contributed by atoms with Crippen LogP contribution in [0.4, 0.5) is 4.39 Å². The lowest BCUT2D eigenvalue weighted by atomic mass is 9.92. The van der Waals surface area contributed by atoms with Crippen molar-refractivity contribution in [1.82, 2.24) is 4.98 Å². The van der Waals surface area contributed by atoms with Gasteiger partial charge in [0.05, 0.1) is 29.8 Å². The molecule has 2 atom stereocenters. The van der Waals surface area contributed by atoms with Crippen LogP contribution in [0.15, 0.2) is 54.6 Å². The topological polar surface area (TPSA) is 165 Å². The SMILES string of the molecule is O=C(O)C[C@H](O)C[C@H](O)/C=C/c1c(C2CC2)nc2ccccc2c1-c1ccc(F)cc1.O=S(=O)(O)O. The van der Waals surface area contributed by atoms with Crippen molar-refractivity contribution in [2.24, 2.45) is 0 Å². The molecular formula is C25H26FNO8S. The van der Waals surface area contributed by atoms with Gasteiger partial charge in [-0.05, 0) is 36.6 Å². The fourth-order valence-corrected chi connectivity index (χ4v) is 3.86. The first-order valence-corrected chi connectivity index (χ1v) is 12.5. The molecule has 0 radical (unpaired) electrons. The van der Waals surface area contributed by atoms with Gasteiger partial charge in [0, 0.05) is 28.9 Å². The molecule has 36 heavy (non-hydrogen) atoms. The zero-order chi connectivity index (χ0) is 26.5. The highest BCUT2D eigenvalue weighted by atomic mass is 32.3. The number of fused-ring (bicyclic) bond motifs is 1. The van der Waals surface area contributed by atoms with E-state index in [1.807, 2.05) is 24.3 Å². The van der Waals surface area contributed by atoms with Crippen molar-refractivity contribution in [2.75, 3.05) is 0 Å². The highest BCUT2D eigenvalue weighted by molar-refractivity contribution is 7.79. The number of aliphatic hydroxyl groups excluding tert-OH is 2. The van der Waals surface area contributed by atoms with Crippen molar-refractivity contribution in [3.8, 4) is 11.1 Å². The van der Waals surface area contributed by atoms with E-state index in [0.29, 0.717) is 5.92 Å². The zero-order valence-electron chi connectivity index (χ0n) is 19.0. The molecular weight excluding hydrogens is 493 g/mol.